The van der Waals surface area contributed by atoms with Gasteiger partial charge in [0, 0.05) is 22.7 Å². The highest BCUT2D eigenvalue weighted by molar-refractivity contribution is 6.30. The second-order valence-corrected chi connectivity index (χ2v) is 8.69. The van der Waals surface area contributed by atoms with Gasteiger partial charge in [-0.1, -0.05) is 41.9 Å². The highest BCUT2D eigenvalue weighted by Gasteiger charge is 2.35. The van der Waals surface area contributed by atoms with Crippen molar-refractivity contribution in [1.82, 2.24) is 10.2 Å². The maximum Gasteiger partial charge on any atom is 0.251 e. The monoisotopic (exact) mass is 396 g/mol. The quantitative estimate of drug-likeness (QED) is 0.775. The topological polar surface area (TPSA) is 32.3 Å². The Morgan fingerprint density at radius 2 is 1.68 bits per heavy atom. The first kappa shape index (κ1) is 19.5. The lowest BCUT2D eigenvalue weighted by atomic mass is 9.89. The molecular formula is C24H29ClN2O. The van der Waals surface area contributed by atoms with Crippen LogP contribution in [0.25, 0.3) is 0 Å². The molecule has 2 atom stereocenters. The van der Waals surface area contributed by atoms with E-state index in [-0.39, 0.29) is 11.9 Å². The SMILES string of the molecule is O=C(N[C@@H]1CCC[C@H]1N1CCC(Cc2ccc(Cl)cc2)CC1)c1ccccc1. The lowest BCUT2D eigenvalue weighted by Gasteiger charge is -2.38. The summed E-state index contributed by atoms with van der Waals surface area (Å²) in [5, 5.41) is 4.11. The van der Waals surface area contributed by atoms with Crippen LogP contribution >= 0.6 is 11.6 Å². The van der Waals surface area contributed by atoms with E-state index in [9.17, 15) is 4.79 Å². The molecule has 148 valence electrons. The summed E-state index contributed by atoms with van der Waals surface area (Å²) in [6, 6.07) is 18.6. The fourth-order valence-electron chi connectivity index (χ4n) is 4.83. The molecule has 2 aromatic rings. The van der Waals surface area contributed by atoms with Gasteiger partial charge in [0.15, 0.2) is 0 Å². The Labute approximate surface area is 173 Å². The van der Waals surface area contributed by atoms with E-state index in [1.165, 1.54) is 31.2 Å². The molecule has 1 N–H and O–H groups in total. The van der Waals surface area contributed by atoms with Crippen LogP contribution in [0.2, 0.25) is 5.02 Å². The minimum Gasteiger partial charge on any atom is -0.348 e. The van der Waals surface area contributed by atoms with Crippen LogP contribution in [-0.4, -0.2) is 36.0 Å². The predicted octanol–water partition coefficient (Wildman–Crippen LogP) is 4.95. The number of halogens is 1. The van der Waals surface area contributed by atoms with Crippen molar-refractivity contribution in [3.05, 3.63) is 70.7 Å². The Kier molecular flexibility index (Phi) is 6.33. The molecule has 1 aliphatic heterocycles. The van der Waals surface area contributed by atoms with Crippen LogP contribution in [0.4, 0.5) is 0 Å². The molecule has 28 heavy (non-hydrogen) atoms. The summed E-state index contributed by atoms with van der Waals surface area (Å²) >= 11 is 6.00. The number of nitrogens with one attached hydrogen (secondary N) is 1. The second-order valence-electron chi connectivity index (χ2n) is 8.25. The van der Waals surface area contributed by atoms with E-state index in [1.807, 2.05) is 42.5 Å². The maximum absolute atomic E-state index is 12.6. The van der Waals surface area contributed by atoms with Gasteiger partial charge in [-0.15, -0.1) is 0 Å². The van der Waals surface area contributed by atoms with Gasteiger partial charge in [0.25, 0.3) is 5.91 Å². The molecule has 2 aliphatic rings. The van der Waals surface area contributed by atoms with Gasteiger partial charge in [-0.05, 0) is 87.4 Å². The molecule has 1 aliphatic carbocycles. The van der Waals surface area contributed by atoms with Crippen molar-refractivity contribution in [3.8, 4) is 0 Å². The number of carbonyl (C=O) groups is 1. The molecule has 0 unspecified atom stereocenters. The number of hydrogen-bond donors (Lipinski definition) is 1. The van der Waals surface area contributed by atoms with Crippen molar-refractivity contribution in [2.24, 2.45) is 5.92 Å². The molecule has 2 aromatic carbocycles. The Morgan fingerprint density at radius 1 is 0.964 bits per heavy atom. The summed E-state index contributed by atoms with van der Waals surface area (Å²) in [6.45, 7) is 2.28. The van der Waals surface area contributed by atoms with Gasteiger partial charge in [-0.3, -0.25) is 9.69 Å². The predicted molar refractivity (Wildman–Crippen MR) is 115 cm³/mol. The van der Waals surface area contributed by atoms with Gasteiger partial charge < -0.3 is 5.32 Å². The second kappa shape index (κ2) is 9.11. The van der Waals surface area contributed by atoms with E-state index < -0.39 is 0 Å². The number of benzene rings is 2. The van der Waals surface area contributed by atoms with Crippen molar-refractivity contribution < 1.29 is 4.79 Å². The zero-order valence-corrected chi connectivity index (χ0v) is 17.1. The van der Waals surface area contributed by atoms with Crippen molar-refractivity contribution in [2.75, 3.05) is 13.1 Å². The van der Waals surface area contributed by atoms with Crippen LogP contribution in [0, 0.1) is 5.92 Å². The molecule has 4 heteroatoms. The number of likely N-dealkylation sites (tertiary alicyclic amines) is 1. The number of nitrogens with zero attached hydrogens (tertiary/aromatic N) is 1. The molecule has 1 amide bonds. The van der Waals surface area contributed by atoms with Gasteiger partial charge in [0.05, 0.1) is 0 Å². The van der Waals surface area contributed by atoms with Crippen LogP contribution < -0.4 is 5.32 Å². The molecule has 1 saturated heterocycles. The standard InChI is InChI=1S/C24H29ClN2O/c25-21-11-9-18(10-12-21)17-19-13-15-27(16-14-19)23-8-4-7-22(23)26-24(28)20-5-2-1-3-6-20/h1-3,5-6,9-12,19,22-23H,4,7-8,13-17H2,(H,26,28)/t22-,23-/m1/s1. The van der Waals surface area contributed by atoms with E-state index in [0.717, 1.165) is 42.4 Å². The minimum absolute atomic E-state index is 0.0649. The molecule has 0 radical (unpaired) electrons. The summed E-state index contributed by atoms with van der Waals surface area (Å²) in [4.78, 5) is 15.2. The lowest BCUT2D eigenvalue weighted by Crippen LogP contribution is -2.51. The minimum atomic E-state index is 0.0649. The summed E-state index contributed by atoms with van der Waals surface area (Å²) in [6.07, 6.45) is 7.10. The molecular weight excluding hydrogens is 368 g/mol. The Balaban J connectivity index is 1.29. The van der Waals surface area contributed by atoms with Gasteiger partial charge in [-0.25, -0.2) is 0 Å². The highest BCUT2D eigenvalue weighted by Crippen LogP contribution is 2.30. The number of carbonyl (C=O) groups excluding carboxylic acids is 1. The van der Waals surface area contributed by atoms with Crippen molar-refractivity contribution in [2.45, 2.75) is 50.6 Å². The number of amides is 1. The molecule has 0 spiro atoms. The summed E-state index contributed by atoms with van der Waals surface area (Å²) in [7, 11) is 0. The molecule has 4 rings (SSSR count). The highest BCUT2D eigenvalue weighted by atomic mass is 35.5. The van der Waals surface area contributed by atoms with Gasteiger partial charge >= 0.3 is 0 Å². The van der Waals surface area contributed by atoms with Crippen LogP contribution in [0.15, 0.2) is 54.6 Å². The van der Waals surface area contributed by atoms with E-state index in [1.54, 1.807) is 0 Å². The first-order valence-corrected chi connectivity index (χ1v) is 10.9. The average molecular weight is 397 g/mol. The summed E-state index contributed by atoms with van der Waals surface area (Å²) < 4.78 is 0. The summed E-state index contributed by atoms with van der Waals surface area (Å²) in [5.41, 5.74) is 2.14. The number of rotatable bonds is 5. The third-order valence-electron chi connectivity index (χ3n) is 6.39. The molecule has 0 aromatic heterocycles. The van der Waals surface area contributed by atoms with Crippen LogP contribution in [0.3, 0.4) is 0 Å². The fourth-order valence-corrected chi connectivity index (χ4v) is 4.96. The third-order valence-corrected chi connectivity index (χ3v) is 6.64. The molecule has 1 heterocycles. The number of hydrogen-bond acceptors (Lipinski definition) is 2. The fraction of sp³-hybridized carbons (Fsp3) is 0.458. The van der Waals surface area contributed by atoms with Crippen LogP contribution in [-0.2, 0) is 6.42 Å². The lowest BCUT2D eigenvalue weighted by molar-refractivity contribution is 0.0862. The van der Waals surface area contributed by atoms with Gasteiger partial charge in [0.2, 0.25) is 0 Å². The van der Waals surface area contributed by atoms with Crippen LogP contribution in [0.1, 0.15) is 48.0 Å². The first-order chi connectivity index (χ1) is 13.7. The Hall–Kier alpha value is -1.84. The smallest absolute Gasteiger partial charge is 0.251 e. The number of piperidine rings is 1. The average Bonchev–Trinajstić information content (AvgIpc) is 3.19. The normalized spacial score (nSPS) is 23.6. The van der Waals surface area contributed by atoms with Crippen LogP contribution in [0.5, 0.6) is 0 Å². The van der Waals surface area contributed by atoms with E-state index in [2.05, 4.69) is 22.3 Å². The molecule has 1 saturated carbocycles. The molecule has 3 nitrogen and oxygen atoms in total. The third kappa shape index (κ3) is 4.76. The zero-order valence-electron chi connectivity index (χ0n) is 16.3. The van der Waals surface area contributed by atoms with Crippen molar-refractivity contribution >= 4 is 17.5 Å². The van der Waals surface area contributed by atoms with Gasteiger partial charge in [-0.2, -0.15) is 0 Å². The first-order valence-electron chi connectivity index (χ1n) is 10.5. The largest absolute Gasteiger partial charge is 0.348 e. The van der Waals surface area contributed by atoms with E-state index in [4.69, 9.17) is 11.6 Å². The van der Waals surface area contributed by atoms with Gasteiger partial charge in [0.1, 0.15) is 0 Å². The maximum atomic E-state index is 12.6. The zero-order chi connectivity index (χ0) is 19.3. The molecule has 2 fully saturated rings. The van der Waals surface area contributed by atoms with E-state index >= 15 is 0 Å². The Bertz CT molecular complexity index is 769. The van der Waals surface area contributed by atoms with E-state index in [0.29, 0.717) is 6.04 Å². The molecule has 0 bridgehead atoms. The Morgan fingerprint density at radius 3 is 2.39 bits per heavy atom. The van der Waals surface area contributed by atoms with Crippen molar-refractivity contribution in [1.29, 1.82) is 0 Å². The summed E-state index contributed by atoms with van der Waals surface area (Å²) in [5.74, 6) is 0.811. The van der Waals surface area contributed by atoms with Crippen molar-refractivity contribution in [3.63, 3.8) is 0 Å².